The molecule has 0 heterocycles. The normalized spacial score (nSPS) is 19.1. The zero-order valence-electron chi connectivity index (χ0n) is 8.90. The van der Waals surface area contributed by atoms with Crippen molar-refractivity contribution in [3.63, 3.8) is 0 Å². The zero-order chi connectivity index (χ0) is 11.7. The smallest absolute Gasteiger partial charge is 0.309 e. The fourth-order valence-corrected chi connectivity index (χ4v) is 2.01. The topological polar surface area (TPSA) is 63.6 Å². The van der Waals surface area contributed by atoms with Crippen LogP contribution in [0.3, 0.4) is 0 Å². The molecular weight excluding hydrogens is 208 g/mol. The molecule has 0 fully saturated rings. The molecule has 1 aromatic carbocycles. The van der Waals surface area contributed by atoms with Gasteiger partial charge in [-0.2, -0.15) is 0 Å². The second kappa shape index (κ2) is 3.96. The Balaban J connectivity index is 2.33. The molecule has 1 aromatic rings. The molecule has 16 heavy (non-hydrogen) atoms. The maximum atomic E-state index is 11.7. The highest BCUT2D eigenvalue weighted by Crippen LogP contribution is 2.28. The summed E-state index contributed by atoms with van der Waals surface area (Å²) >= 11 is 0. The van der Waals surface area contributed by atoms with Crippen molar-refractivity contribution in [3.05, 3.63) is 29.3 Å². The average molecular weight is 220 g/mol. The van der Waals surface area contributed by atoms with E-state index in [4.69, 9.17) is 0 Å². The number of benzene rings is 1. The Morgan fingerprint density at radius 3 is 2.88 bits per heavy atom. The molecule has 4 nitrogen and oxygen atoms in total. The summed E-state index contributed by atoms with van der Waals surface area (Å²) in [4.78, 5) is 23.1. The molecule has 1 atom stereocenters. The van der Waals surface area contributed by atoms with Crippen LogP contribution >= 0.6 is 0 Å². The van der Waals surface area contributed by atoms with Crippen molar-refractivity contribution in [2.75, 3.05) is 7.11 Å². The molecule has 4 heteroatoms. The van der Waals surface area contributed by atoms with Crippen molar-refractivity contribution in [1.29, 1.82) is 0 Å². The Morgan fingerprint density at radius 2 is 2.19 bits per heavy atom. The number of methoxy groups -OCH3 is 1. The van der Waals surface area contributed by atoms with Gasteiger partial charge in [-0.05, 0) is 24.1 Å². The van der Waals surface area contributed by atoms with Gasteiger partial charge in [0.25, 0.3) is 0 Å². The quantitative estimate of drug-likeness (QED) is 0.725. The van der Waals surface area contributed by atoms with Crippen LogP contribution in [0.1, 0.15) is 22.3 Å². The van der Waals surface area contributed by atoms with Crippen LogP contribution in [0.4, 0.5) is 0 Å². The number of ketones is 1. The van der Waals surface area contributed by atoms with Gasteiger partial charge < -0.3 is 9.84 Å². The number of fused-ring (bicyclic) bond motifs is 1. The van der Waals surface area contributed by atoms with E-state index in [-0.39, 0.29) is 23.9 Å². The van der Waals surface area contributed by atoms with Crippen LogP contribution < -0.4 is 0 Å². The molecule has 1 aliphatic carbocycles. The molecule has 2 rings (SSSR count). The van der Waals surface area contributed by atoms with E-state index in [1.165, 1.54) is 19.2 Å². The number of rotatable bonds is 1. The molecule has 0 aromatic heterocycles. The number of phenolic OH excluding ortho intramolecular Hbond substituents is 1. The van der Waals surface area contributed by atoms with Crippen molar-refractivity contribution in [2.24, 2.45) is 5.92 Å². The van der Waals surface area contributed by atoms with Gasteiger partial charge in [-0.15, -0.1) is 0 Å². The average Bonchev–Trinajstić information content (AvgIpc) is 2.28. The Bertz CT molecular complexity index is 450. The highest BCUT2D eigenvalue weighted by Gasteiger charge is 2.30. The van der Waals surface area contributed by atoms with Gasteiger partial charge in [0.2, 0.25) is 0 Å². The summed E-state index contributed by atoms with van der Waals surface area (Å²) < 4.78 is 4.64. The standard InChI is InChI=1S/C12H12O4/c1-16-12(15)8-4-7-2-3-9(13)6-10(7)11(14)5-8/h2-3,6,8,13H,4-5H2,1H3/t8-/m0/s1. The first-order valence-corrected chi connectivity index (χ1v) is 5.04. The maximum absolute atomic E-state index is 11.7. The van der Waals surface area contributed by atoms with Gasteiger partial charge in [-0.25, -0.2) is 0 Å². The van der Waals surface area contributed by atoms with Gasteiger partial charge in [0, 0.05) is 12.0 Å². The third kappa shape index (κ3) is 1.78. The first kappa shape index (κ1) is 10.7. The van der Waals surface area contributed by atoms with Crippen LogP contribution in [-0.2, 0) is 16.0 Å². The summed E-state index contributed by atoms with van der Waals surface area (Å²) in [6.45, 7) is 0. The van der Waals surface area contributed by atoms with Crippen LogP contribution in [0.25, 0.3) is 0 Å². The molecule has 0 unspecified atom stereocenters. The SMILES string of the molecule is COC(=O)[C@@H]1CC(=O)c2cc(O)ccc2C1. The molecule has 0 saturated heterocycles. The van der Waals surface area contributed by atoms with E-state index < -0.39 is 5.92 Å². The second-order valence-electron chi connectivity index (χ2n) is 3.89. The summed E-state index contributed by atoms with van der Waals surface area (Å²) in [7, 11) is 1.32. The van der Waals surface area contributed by atoms with Crippen LogP contribution in [0.5, 0.6) is 5.75 Å². The van der Waals surface area contributed by atoms with Gasteiger partial charge in [0.15, 0.2) is 5.78 Å². The molecule has 1 aliphatic rings. The van der Waals surface area contributed by atoms with E-state index >= 15 is 0 Å². The number of phenols is 1. The Morgan fingerprint density at radius 1 is 1.44 bits per heavy atom. The molecule has 84 valence electrons. The molecule has 0 radical (unpaired) electrons. The largest absolute Gasteiger partial charge is 0.508 e. The molecule has 0 amide bonds. The van der Waals surface area contributed by atoms with E-state index in [1.54, 1.807) is 6.07 Å². The predicted molar refractivity (Wildman–Crippen MR) is 56.3 cm³/mol. The molecule has 0 aliphatic heterocycles. The minimum Gasteiger partial charge on any atom is -0.508 e. The highest BCUT2D eigenvalue weighted by molar-refractivity contribution is 6.01. The first-order valence-electron chi connectivity index (χ1n) is 5.04. The summed E-state index contributed by atoms with van der Waals surface area (Å²) in [5.41, 5.74) is 1.31. The van der Waals surface area contributed by atoms with Crippen molar-refractivity contribution in [2.45, 2.75) is 12.8 Å². The van der Waals surface area contributed by atoms with E-state index in [0.717, 1.165) is 5.56 Å². The van der Waals surface area contributed by atoms with Crippen LogP contribution in [-0.4, -0.2) is 24.0 Å². The number of hydrogen-bond acceptors (Lipinski definition) is 4. The van der Waals surface area contributed by atoms with Gasteiger partial charge in [0.1, 0.15) is 5.75 Å². The van der Waals surface area contributed by atoms with Crippen LogP contribution in [0.2, 0.25) is 0 Å². The lowest BCUT2D eigenvalue weighted by molar-refractivity contribution is -0.145. The van der Waals surface area contributed by atoms with Crippen molar-refractivity contribution in [3.8, 4) is 5.75 Å². The van der Waals surface area contributed by atoms with E-state index in [9.17, 15) is 14.7 Å². The van der Waals surface area contributed by atoms with E-state index in [1.807, 2.05) is 0 Å². The minimum atomic E-state index is -0.394. The zero-order valence-corrected chi connectivity index (χ0v) is 8.90. The van der Waals surface area contributed by atoms with Gasteiger partial charge in [-0.1, -0.05) is 6.07 Å². The lowest BCUT2D eigenvalue weighted by Gasteiger charge is -2.21. The minimum absolute atomic E-state index is 0.0728. The number of ether oxygens (including phenoxy) is 1. The maximum Gasteiger partial charge on any atom is 0.309 e. The van der Waals surface area contributed by atoms with E-state index in [2.05, 4.69) is 4.74 Å². The molecule has 0 bridgehead atoms. The predicted octanol–water partition coefficient (Wildman–Crippen LogP) is 1.31. The summed E-state index contributed by atoms with van der Waals surface area (Å²) in [5, 5.41) is 9.28. The Kier molecular flexibility index (Phi) is 2.64. The fourth-order valence-electron chi connectivity index (χ4n) is 2.01. The number of carbonyl (C=O) groups is 2. The Hall–Kier alpha value is -1.84. The third-order valence-corrected chi connectivity index (χ3v) is 2.83. The third-order valence-electron chi connectivity index (χ3n) is 2.83. The first-order chi connectivity index (χ1) is 7.61. The van der Waals surface area contributed by atoms with Crippen molar-refractivity contribution >= 4 is 11.8 Å². The lowest BCUT2D eigenvalue weighted by atomic mass is 9.83. The van der Waals surface area contributed by atoms with E-state index in [0.29, 0.717) is 12.0 Å². The highest BCUT2D eigenvalue weighted by atomic mass is 16.5. The number of Topliss-reactive ketones (excluding diaryl/α,β-unsaturated/α-hetero) is 1. The number of carbonyl (C=O) groups excluding carboxylic acids is 2. The number of esters is 1. The fraction of sp³-hybridized carbons (Fsp3) is 0.333. The van der Waals surface area contributed by atoms with Gasteiger partial charge in [-0.3, -0.25) is 9.59 Å². The summed E-state index contributed by atoms with van der Waals surface area (Å²) in [5.74, 6) is -0.794. The molecule has 0 spiro atoms. The molecule has 0 saturated carbocycles. The number of aromatic hydroxyl groups is 1. The Labute approximate surface area is 92.8 Å². The monoisotopic (exact) mass is 220 g/mol. The van der Waals surface area contributed by atoms with Gasteiger partial charge >= 0.3 is 5.97 Å². The number of hydrogen-bond donors (Lipinski definition) is 1. The van der Waals surface area contributed by atoms with Crippen LogP contribution in [0, 0.1) is 5.92 Å². The molecule has 1 N–H and O–H groups in total. The van der Waals surface area contributed by atoms with Crippen LogP contribution in [0.15, 0.2) is 18.2 Å². The summed E-state index contributed by atoms with van der Waals surface area (Å²) in [6, 6.07) is 4.65. The lowest BCUT2D eigenvalue weighted by Crippen LogP contribution is -2.27. The summed E-state index contributed by atoms with van der Waals surface area (Å²) in [6.07, 6.45) is 0.650. The second-order valence-corrected chi connectivity index (χ2v) is 3.89. The van der Waals surface area contributed by atoms with Gasteiger partial charge in [0.05, 0.1) is 13.0 Å². The van der Waals surface area contributed by atoms with Crippen molar-refractivity contribution < 1.29 is 19.4 Å². The molecular formula is C12H12O4. The van der Waals surface area contributed by atoms with Crippen molar-refractivity contribution in [1.82, 2.24) is 0 Å².